The molecule has 0 saturated carbocycles. The molecule has 4 heteroatoms. The van der Waals surface area contributed by atoms with Gasteiger partial charge < -0.3 is 10.1 Å². The highest BCUT2D eigenvalue weighted by atomic mass is 127. The minimum Gasteiger partial charge on any atom is -0.484 e. The van der Waals surface area contributed by atoms with Crippen molar-refractivity contribution in [1.82, 2.24) is 0 Å². The van der Waals surface area contributed by atoms with Crippen molar-refractivity contribution >= 4 is 34.2 Å². The van der Waals surface area contributed by atoms with E-state index in [1.54, 1.807) is 0 Å². The van der Waals surface area contributed by atoms with Gasteiger partial charge in [-0.1, -0.05) is 26.0 Å². The first-order valence-electron chi connectivity index (χ1n) is 7.36. The van der Waals surface area contributed by atoms with E-state index in [2.05, 4.69) is 53.9 Å². The first-order chi connectivity index (χ1) is 10.6. The normalized spacial score (nSPS) is 11.8. The minimum absolute atomic E-state index is 0.00765. The van der Waals surface area contributed by atoms with E-state index in [1.165, 1.54) is 5.56 Å². The lowest BCUT2D eigenvalue weighted by Gasteiger charge is -2.11. The quantitative estimate of drug-likeness (QED) is 0.695. The summed E-state index contributed by atoms with van der Waals surface area (Å²) < 4.78 is 6.59. The molecule has 1 N–H and O–H groups in total. The Bertz CT molecular complexity index is 608. The van der Waals surface area contributed by atoms with Gasteiger partial charge in [0, 0.05) is 9.26 Å². The number of benzene rings is 2. The van der Waals surface area contributed by atoms with Crippen molar-refractivity contribution in [3.63, 3.8) is 0 Å². The number of rotatable bonds is 6. The van der Waals surface area contributed by atoms with Gasteiger partial charge in [0.15, 0.2) is 6.61 Å². The standard InChI is InChI=1S/C18H20INO2/c1-3-13(2)14-4-8-16(9-5-14)20-18(21)12-22-17-10-6-15(19)7-11-17/h4-11,13H,3,12H2,1-2H3,(H,20,21). The van der Waals surface area contributed by atoms with Gasteiger partial charge in [0.2, 0.25) is 0 Å². The monoisotopic (exact) mass is 409 g/mol. The average molecular weight is 409 g/mol. The van der Waals surface area contributed by atoms with Crippen LogP contribution in [-0.4, -0.2) is 12.5 Å². The molecule has 116 valence electrons. The molecule has 0 aliphatic rings. The van der Waals surface area contributed by atoms with Gasteiger partial charge in [-0.2, -0.15) is 0 Å². The molecule has 1 unspecified atom stereocenters. The van der Waals surface area contributed by atoms with E-state index in [0.717, 1.165) is 15.7 Å². The van der Waals surface area contributed by atoms with Gasteiger partial charge in [-0.15, -0.1) is 0 Å². The highest BCUT2D eigenvalue weighted by molar-refractivity contribution is 14.1. The molecule has 0 aliphatic heterocycles. The second kappa shape index (κ2) is 8.17. The number of carbonyl (C=O) groups is 1. The summed E-state index contributed by atoms with van der Waals surface area (Å²) in [4.78, 5) is 11.9. The Hall–Kier alpha value is -1.56. The van der Waals surface area contributed by atoms with E-state index < -0.39 is 0 Å². The maximum absolute atomic E-state index is 11.9. The fourth-order valence-corrected chi connectivity index (χ4v) is 2.37. The first kappa shape index (κ1) is 16.8. The molecule has 0 heterocycles. The minimum atomic E-state index is -0.158. The maximum atomic E-state index is 11.9. The zero-order valence-electron chi connectivity index (χ0n) is 12.8. The summed E-state index contributed by atoms with van der Waals surface area (Å²) in [7, 11) is 0. The van der Waals surface area contributed by atoms with Crippen molar-refractivity contribution in [2.24, 2.45) is 0 Å². The second-order valence-electron chi connectivity index (χ2n) is 5.22. The number of anilines is 1. The average Bonchev–Trinajstić information content (AvgIpc) is 2.54. The largest absolute Gasteiger partial charge is 0.484 e. The van der Waals surface area contributed by atoms with Crippen molar-refractivity contribution in [3.05, 3.63) is 57.7 Å². The second-order valence-corrected chi connectivity index (χ2v) is 6.47. The molecule has 0 spiro atoms. The molecule has 2 rings (SSSR count). The molecule has 3 nitrogen and oxygen atoms in total. The van der Waals surface area contributed by atoms with E-state index in [4.69, 9.17) is 4.74 Å². The van der Waals surface area contributed by atoms with Gasteiger partial charge in [0.05, 0.1) is 0 Å². The van der Waals surface area contributed by atoms with Gasteiger partial charge in [-0.3, -0.25) is 4.79 Å². The molecule has 1 atom stereocenters. The summed E-state index contributed by atoms with van der Waals surface area (Å²) in [6.07, 6.45) is 1.11. The van der Waals surface area contributed by atoms with Gasteiger partial charge in [-0.05, 0) is 76.9 Å². The van der Waals surface area contributed by atoms with E-state index in [-0.39, 0.29) is 12.5 Å². The van der Waals surface area contributed by atoms with Gasteiger partial charge >= 0.3 is 0 Å². The Labute approximate surface area is 145 Å². The molecule has 0 bridgehead atoms. The fraction of sp³-hybridized carbons (Fsp3) is 0.278. The van der Waals surface area contributed by atoms with Crippen molar-refractivity contribution in [3.8, 4) is 5.75 Å². The lowest BCUT2D eigenvalue weighted by atomic mass is 9.99. The van der Waals surface area contributed by atoms with E-state index in [9.17, 15) is 4.79 Å². The van der Waals surface area contributed by atoms with Crippen LogP contribution in [0.3, 0.4) is 0 Å². The summed E-state index contributed by atoms with van der Waals surface area (Å²) in [5.74, 6) is 1.08. The molecule has 0 fully saturated rings. The topological polar surface area (TPSA) is 38.3 Å². The van der Waals surface area contributed by atoms with Crippen LogP contribution < -0.4 is 10.1 Å². The Morgan fingerprint density at radius 3 is 2.36 bits per heavy atom. The van der Waals surface area contributed by atoms with Crippen LogP contribution >= 0.6 is 22.6 Å². The van der Waals surface area contributed by atoms with Gasteiger partial charge in [-0.25, -0.2) is 0 Å². The third-order valence-electron chi connectivity index (χ3n) is 3.56. The lowest BCUT2D eigenvalue weighted by molar-refractivity contribution is -0.118. The molecular weight excluding hydrogens is 389 g/mol. The van der Waals surface area contributed by atoms with Crippen molar-refractivity contribution in [2.75, 3.05) is 11.9 Å². The molecule has 0 aromatic heterocycles. The summed E-state index contributed by atoms with van der Waals surface area (Å²) in [6.45, 7) is 4.37. The van der Waals surface area contributed by atoms with Crippen LogP contribution in [0.4, 0.5) is 5.69 Å². The lowest BCUT2D eigenvalue weighted by Crippen LogP contribution is -2.20. The number of amides is 1. The van der Waals surface area contributed by atoms with Crippen molar-refractivity contribution in [2.45, 2.75) is 26.2 Å². The number of ether oxygens (including phenoxy) is 1. The third kappa shape index (κ3) is 5.02. The summed E-state index contributed by atoms with van der Waals surface area (Å²) in [6, 6.07) is 15.6. The Morgan fingerprint density at radius 1 is 1.14 bits per heavy atom. The predicted octanol–water partition coefficient (Wildman–Crippen LogP) is 4.82. The number of halogens is 1. The zero-order valence-corrected chi connectivity index (χ0v) is 15.0. The van der Waals surface area contributed by atoms with Crippen LogP contribution in [-0.2, 0) is 4.79 Å². The van der Waals surface area contributed by atoms with Crippen LogP contribution in [0.5, 0.6) is 5.75 Å². The molecule has 0 aliphatic carbocycles. The Morgan fingerprint density at radius 2 is 1.77 bits per heavy atom. The fourth-order valence-electron chi connectivity index (χ4n) is 2.01. The number of nitrogens with one attached hydrogen (secondary N) is 1. The van der Waals surface area contributed by atoms with Gasteiger partial charge in [0.1, 0.15) is 5.75 Å². The van der Waals surface area contributed by atoms with E-state index in [0.29, 0.717) is 11.7 Å². The van der Waals surface area contributed by atoms with E-state index >= 15 is 0 Å². The molecule has 1 amide bonds. The van der Waals surface area contributed by atoms with Crippen molar-refractivity contribution < 1.29 is 9.53 Å². The highest BCUT2D eigenvalue weighted by Gasteiger charge is 2.06. The van der Waals surface area contributed by atoms with Crippen molar-refractivity contribution in [1.29, 1.82) is 0 Å². The predicted molar refractivity (Wildman–Crippen MR) is 98.4 cm³/mol. The summed E-state index contributed by atoms with van der Waals surface area (Å²) in [5, 5.41) is 2.84. The number of carbonyl (C=O) groups excluding carboxylic acids is 1. The number of hydrogen-bond donors (Lipinski definition) is 1. The smallest absolute Gasteiger partial charge is 0.262 e. The first-order valence-corrected chi connectivity index (χ1v) is 8.44. The molecule has 0 saturated heterocycles. The zero-order chi connectivity index (χ0) is 15.9. The van der Waals surface area contributed by atoms with E-state index in [1.807, 2.05) is 36.4 Å². The summed E-state index contributed by atoms with van der Waals surface area (Å²) in [5.41, 5.74) is 2.08. The molecule has 0 radical (unpaired) electrons. The molecule has 22 heavy (non-hydrogen) atoms. The van der Waals surface area contributed by atoms with Crippen LogP contribution in [0.2, 0.25) is 0 Å². The maximum Gasteiger partial charge on any atom is 0.262 e. The van der Waals surface area contributed by atoms with Gasteiger partial charge in [0.25, 0.3) is 5.91 Å². The Balaban J connectivity index is 1.85. The summed E-state index contributed by atoms with van der Waals surface area (Å²) >= 11 is 2.23. The molecular formula is C18H20INO2. The highest BCUT2D eigenvalue weighted by Crippen LogP contribution is 2.20. The third-order valence-corrected chi connectivity index (χ3v) is 4.28. The number of hydrogen-bond acceptors (Lipinski definition) is 2. The SMILES string of the molecule is CCC(C)c1ccc(NC(=O)COc2ccc(I)cc2)cc1. The van der Waals surface area contributed by atoms with Crippen LogP contribution in [0.25, 0.3) is 0 Å². The Kier molecular flexibility index (Phi) is 6.24. The molecule has 2 aromatic rings. The van der Waals surface area contributed by atoms with Crippen LogP contribution in [0.1, 0.15) is 31.7 Å². The van der Waals surface area contributed by atoms with Crippen LogP contribution in [0.15, 0.2) is 48.5 Å². The molecule has 2 aromatic carbocycles. The van der Waals surface area contributed by atoms with Crippen LogP contribution in [0, 0.1) is 3.57 Å².